The molecule has 0 saturated carbocycles. The summed E-state index contributed by atoms with van der Waals surface area (Å²) in [6.45, 7) is 5.13. The molecule has 2 aromatic heterocycles. The molecule has 1 fully saturated rings. The molecular formula is C28H31FN4O7S. The van der Waals surface area contributed by atoms with Gasteiger partial charge in [-0.2, -0.15) is 5.26 Å². The van der Waals surface area contributed by atoms with E-state index in [0.717, 1.165) is 28.7 Å². The Morgan fingerprint density at radius 1 is 1.24 bits per heavy atom. The number of carboxylic acids is 1. The highest BCUT2D eigenvalue weighted by molar-refractivity contribution is 7.20. The van der Waals surface area contributed by atoms with Gasteiger partial charge in [0.15, 0.2) is 0 Å². The van der Waals surface area contributed by atoms with Crippen molar-refractivity contribution in [3.63, 3.8) is 0 Å². The molecule has 3 heterocycles. The standard InChI is InChI=1S/C28H31FN4O7S/c1-16-21-23(34)33(28(2,3)26(37)31-11-5-6-12-31)27(38)32(24(21)41-22(16)25(35)36)15-20(40-13-7-10-30)18-14-17(29)8-9-19(18)39-4/h8-9,14,20H,5-7,11-13,15H2,1-4H3,(H,35,36). The number of methoxy groups -OCH3 is 1. The van der Waals surface area contributed by atoms with Gasteiger partial charge in [-0.15, -0.1) is 11.3 Å². The Morgan fingerprint density at radius 3 is 2.54 bits per heavy atom. The molecule has 0 aliphatic carbocycles. The van der Waals surface area contributed by atoms with Gasteiger partial charge in [-0.3, -0.25) is 14.2 Å². The molecule has 1 aliphatic heterocycles. The molecule has 11 nitrogen and oxygen atoms in total. The molecule has 1 N–H and O–H groups in total. The Morgan fingerprint density at radius 2 is 1.93 bits per heavy atom. The highest BCUT2D eigenvalue weighted by atomic mass is 32.1. The third kappa shape index (κ3) is 5.49. The van der Waals surface area contributed by atoms with E-state index in [1.807, 2.05) is 6.07 Å². The lowest BCUT2D eigenvalue weighted by Crippen LogP contribution is -2.56. The van der Waals surface area contributed by atoms with E-state index in [9.17, 15) is 28.7 Å². The number of thiophene rings is 1. The number of fused-ring (bicyclic) bond motifs is 1. The fourth-order valence-electron chi connectivity index (χ4n) is 5.22. The van der Waals surface area contributed by atoms with Gasteiger partial charge in [-0.25, -0.2) is 18.5 Å². The summed E-state index contributed by atoms with van der Waals surface area (Å²) in [6, 6.07) is 5.77. The summed E-state index contributed by atoms with van der Waals surface area (Å²) in [4.78, 5) is 55.2. The number of aromatic carboxylic acids is 1. The van der Waals surface area contributed by atoms with Crippen molar-refractivity contribution in [3.8, 4) is 11.8 Å². The Hall–Kier alpha value is -4.02. The molecule has 1 saturated heterocycles. The molecule has 0 bridgehead atoms. The SMILES string of the molecule is COc1ccc(F)cc1C(Cn1c(=O)n(C(C)(C)C(=O)N2CCCC2)c(=O)c2c(C)c(C(=O)O)sc21)OCCC#N. The van der Waals surface area contributed by atoms with Crippen LogP contribution in [-0.2, 0) is 21.6 Å². The lowest BCUT2D eigenvalue weighted by Gasteiger charge is -2.31. The molecule has 218 valence electrons. The number of nitrogens with zero attached hydrogens (tertiary/aromatic N) is 4. The second-order valence-corrected chi connectivity index (χ2v) is 11.3. The number of aromatic nitrogens is 2. The number of nitriles is 1. The number of likely N-dealkylation sites (tertiary alicyclic amines) is 1. The minimum atomic E-state index is -1.60. The maximum atomic E-state index is 14.4. The fourth-order valence-corrected chi connectivity index (χ4v) is 6.36. The van der Waals surface area contributed by atoms with Crippen LogP contribution in [0.1, 0.15) is 60.0 Å². The van der Waals surface area contributed by atoms with E-state index in [-0.39, 0.29) is 51.5 Å². The number of carbonyl (C=O) groups excluding carboxylic acids is 1. The number of hydrogen-bond donors (Lipinski definition) is 1. The van der Waals surface area contributed by atoms with Crippen molar-refractivity contribution < 1.29 is 28.6 Å². The van der Waals surface area contributed by atoms with Crippen LogP contribution in [0, 0.1) is 24.1 Å². The van der Waals surface area contributed by atoms with Gasteiger partial charge in [0, 0.05) is 18.7 Å². The zero-order valence-corrected chi connectivity index (χ0v) is 24.0. The summed E-state index contributed by atoms with van der Waals surface area (Å²) < 4.78 is 27.8. The number of aryl methyl sites for hydroxylation is 1. The molecule has 0 radical (unpaired) electrons. The third-order valence-corrected chi connectivity index (χ3v) is 8.61. The van der Waals surface area contributed by atoms with Crippen molar-refractivity contribution in [1.82, 2.24) is 14.0 Å². The minimum Gasteiger partial charge on any atom is -0.496 e. The van der Waals surface area contributed by atoms with Gasteiger partial charge in [0.1, 0.15) is 32.9 Å². The molecule has 41 heavy (non-hydrogen) atoms. The quantitative estimate of drug-likeness (QED) is 0.356. The molecule has 4 rings (SSSR count). The van der Waals surface area contributed by atoms with Gasteiger partial charge in [0.2, 0.25) is 5.91 Å². The lowest BCUT2D eigenvalue weighted by molar-refractivity contribution is -0.138. The van der Waals surface area contributed by atoms with Gasteiger partial charge in [0.25, 0.3) is 5.56 Å². The van der Waals surface area contributed by atoms with Crippen LogP contribution in [-0.4, -0.2) is 57.8 Å². The van der Waals surface area contributed by atoms with Gasteiger partial charge in [-0.05, 0) is 57.4 Å². The van der Waals surface area contributed by atoms with Crippen LogP contribution in [0.15, 0.2) is 27.8 Å². The smallest absolute Gasteiger partial charge is 0.346 e. The van der Waals surface area contributed by atoms with Gasteiger partial charge in [-0.1, -0.05) is 0 Å². The first-order chi connectivity index (χ1) is 19.4. The lowest BCUT2D eigenvalue weighted by atomic mass is 10.0. The predicted octanol–water partition coefficient (Wildman–Crippen LogP) is 3.41. The molecule has 0 spiro atoms. The first-order valence-electron chi connectivity index (χ1n) is 13.1. The average molecular weight is 587 g/mol. The maximum absolute atomic E-state index is 14.4. The highest BCUT2D eigenvalue weighted by Crippen LogP contribution is 2.33. The topological polar surface area (TPSA) is 144 Å². The highest BCUT2D eigenvalue weighted by Gasteiger charge is 2.39. The van der Waals surface area contributed by atoms with E-state index >= 15 is 0 Å². The Kier molecular flexibility index (Phi) is 8.65. The van der Waals surface area contributed by atoms with Crippen molar-refractivity contribution in [2.75, 3.05) is 26.8 Å². The minimum absolute atomic E-state index is 0.00345. The zero-order valence-electron chi connectivity index (χ0n) is 23.2. The molecule has 1 aliphatic rings. The normalized spacial score (nSPS) is 14.3. The van der Waals surface area contributed by atoms with Crippen LogP contribution in [0.2, 0.25) is 0 Å². The van der Waals surface area contributed by atoms with Crippen LogP contribution in [0.5, 0.6) is 5.75 Å². The van der Waals surface area contributed by atoms with Crippen LogP contribution in [0.4, 0.5) is 4.39 Å². The van der Waals surface area contributed by atoms with Crippen molar-refractivity contribution in [2.45, 2.75) is 58.2 Å². The van der Waals surface area contributed by atoms with Gasteiger partial charge in [0.05, 0.1) is 38.1 Å². The van der Waals surface area contributed by atoms with Crippen molar-refractivity contribution in [1.29, 1.82) is 5.26 Å². The van der Waals surface area contributed by atoms with E-state index in [2.05, 4.69) is 0 Å². The Labute approximate surface area is 238 Å². The average Bonchev–Trinajstić information content (AvgIpc) is 3.58. The molecule has 1 unspecified atom stereocenters. The summed E-state index contributed by atoms with van der Waals surface area (Å²) >= 11 is 0.760. The third-order valence-electron chi connectivity index (χ3n) is 7.30. The largest absolute Gasteiger partial charge is 0.496 e. The molecule has 1 atom stereocenters. The van der Waals surface area contributed by atoms with Crippen molar-refractivity contribution >= 4 is 33.4 Å². The van der Waals surface area contributed by atoms with E-state index in [4.69, 9.17) is 14.7 Å². The van der Waals surface area contributed by atoms with E-state index in [1.54, 1.807) is 4.90 Å². The number of carboxylic acid groups (broad SMARTS) is 1. The first-order valence-corrected chi connectivity index (χ1v) is 13.9. The molecule has 1 amide bonds. The van der Waals surface area contributed by atoms with Crippen LogP contribution < -0.4 is 16.0 Å². The molecule has 1 aromatic carbocycles. The number of rotatable bonds is 10. The van der Waals surface area contributed by atoms with Crippen LogP contribution in [0.25, 0.3) is 10.2 Å². The van der Waals surface area contributed by atoms with Crippen molar-refractivity contribution in [3.05, 3.63) is 60.9 Å². The summed E-state index contributed by atoms with van der Waals surface area (Å²) in [6.07, 6.45) is 0.594. The molecular weight excluding hydrogens is 555 g/mol. The Balaban J connectivity index is 1.99. The summed E-state index contributed by atoms with van der Waals surface area (Å²) in [7, 11) is 1.39. The van der Waals surface area contributed by atoms with Crippen molar-refractivity contribution in [2.24, 2.45) is 0 Å². The number of carbonyl (C=O) groups is 2. The van der Waals surface area contributed by atoms with Crippen LogP contribution >= 0.6 is 11.3 Å². The summed E-state index contributed by atoms with van der Waals surface area (Å²) in [5.41, 5.74) is -2.80. The van der Waals surface area contributed by atoms with E-state index < -0.39 is 40.6 Å². The predicted molar refractivity (Wildman–Crippen MR) is 149 cm³/mol. The fraction of sp³-hybridized carbons (Fsp3) is 0.464. The number of halogens is 1. The van der Waals surface area contributed by atoms with E-state index in [0.29, 0.717) is 13.1 Å². The summed E-state index contributed by atoms with van der Waals surface area (Å²) in [5, 5.41) is 18.9. The Bertz CT molecular complexity index is 1660. The monoisotopic (exact) mass is 586 g/mol. The number of amides is 1. The van der Waals surface area contributed by atoms with Crippen LogP contribution in [0.3, 0.4) is 0 Å². The second kappa shape index (κ2) is 11.8. The zero-order chi connectivity index (χ0) is 30.1. The molecule has 13 heteroatoms. The van der Waals surface area contributed by atoms with E-state index in [1.165, 1.54) is 50.6 Å². The number of ether oxygens (including phenoxy) is 2. The number of hydrogen-bond acceptors (Lipinski definition) is 8. The van der Waals surface area contributed by atoms with Gasteiger partial charge >= 0.3 is 11.7 Å². The second-order valence-electron chi connectivity index (χ2n) is 10.3. The maximum Gasteiger partial charge on any atom is 0.346 e. The van der Waals surface area contributed by atoms with Gasteiger partial charge < -0.3 is 19.5 Å². The number of benzene rings is 1. The summed E-state index contributed by atoms with van der Waals surface area (Å²) in [5.74, 6) is -1.99. The first kappa shape index (κ1) is 30.0. The molecule has 3 aromatic rings.